The highest BCUT2D eigenvalue weighted by molar-refractivity contribution is 5.75. The van der Waals surface area contributed by atoms with E-state index in [4.69, 9.17) is 0 Å². The molecule has 0 spiro atoms. The maximum absolute atomic E-state index is 11.0. The lowest BCUT2D eigenvalue weighted by Gasteiger charge is -2.16. The Morgan fingerprint density at radius 3 is 2.44 bits per heavy atom. The first-order valence-electron chi connectivity index (χ1n) is 5.24. The van der Waals surface area contributed by atoms with Crippen LogP contribution in [0.3, 0.4) is 0 Å². The summed E-state index contributed by atoms with van der Waals surface area (Å²) >= 11 is 0. The van der Waals surface area contributed by atoms with Crippen molar-refractivity contribution in [3.63, 3.8) is 0 Å². The molecule has 86 valence electrons. The van der Waals surface area contributed by atoms with Gasteiger partial charge in [0, 0.05) is 12.5 Å². The predicted molar refractivity (Wildman–Crippen MR) is 60.8 cm³/mol. The lowest BCUT2D eigenvalue weighted by Crippen LogP contribution is -2.17. The second-order valence-corrected chi connectivity index (χ2v) is 5.04. The van der Waals surface area contributed by atoms with Gasteiger partial charge in [0.1, 0.15) is 11.5 Å². The van der Waals surface area contributed by atoms with Crippen LogP contribution in [0.4, 0.5) is 0 Å². The Morgan fingerprint density at radius 2 is 1.94 bits per heavy atom. The molecule has 0 radical (unpaired) electrons. The van der Waals surface area contributed by atoms with E-state index in [1.165, 1.54) is 0 Å². The molecule has 0 aliphatic carbocycles. The fourth-order valence-corrected chi connectivity index (χ4v) is 1.88. The van der Waals surface area contributed by atoms with Crippen molar-refractivity contribution < 1.29 is 4.79 Å². The first kappa shape index (κ1) is 10.9. The molecule has 0 bridgehead atoms. The van der Waals surface area contributed by atoms with Crippen LogP contribution < -0.4 is 0 Å². The molecule has 0 fully saturated rings. The zero-order chi connectivity index (χ0) is 12.1. The summed E-state index contributed by atoms with van der Waals surface area (Å²) in [5.41, 5.74) is 1.18. The van der Waals surface area contributed by atoms with Crippen molar-refractivity contribution in [3.8, 4) is 0 Å². The molecule has 0 N–H and O–H groups in total. The third kappa shape index (κ3) is 1.35. The van der Waals surface area contributed by atoms with Crippen molar-refractivity contribution in [1.82, 2.24) is 19.2 Å². The first-order chi connectivity index (χ1) is 7.36. The average Bonchev–Trinajstić information content (AvgIpc) is 2.62. The Bertz CT molecular complexity index is 557. The van der Waals surface area contributed by atoms with Crippen LogP contribution in [-0.4, -0.2) is 25.5 Å². The molecule has 0 saturated heterocycles. The zero-order valence-electron chi connectivity index (χ0n) is 10.3. The van der Waals surface area contributed by atoms with E-state index in [1.807, 2.05) is 18.5 Å². The lowest BCUT2D eigenvalue weighted by molar-refractivity contribution is 0.111. The van der Waals surface area contributed by atoms with Gasteiger partial charge in [0.05, 0.1) is 5.69 Å². The van der Waals surface area contributed by atoms with Crippen molar-refractivity contribution >= 4 is 12.1 Å². The molecule has 0 amide bonds. The van der Waals surface area contributed by atoms with Crippen molar-refractivity contribution in [2.45, 2.75) is 33.1 Å². The van der Waals surface area contributed by atoms with Gasteiger partial charge in [-0.1, -0.05) is 20.8 Å². The molecular formula is C11H16N4O. The van der Waals surface area contributed by atoms with Gasteiger partial charge < -0.3 is 0 Å². The van der Waals surface area contributed by atoms with Crippen LogP contribution in [0.5, 0.6) is 0 Å². The molecule has 5 heteroatoms. The summed E-state index contributed by atoms with van der Waals surface area (Å²) in [6.45, 7) is 8.07. The number of fused-ring (bicyclic) bond motifs is 1. The number of carbonyl (C=O) groups excluding carboxylic acids is 1. The molecule has 5 nitrogen and oxygen atoms in total. The number of carbonyl (C=O) groups is 1. The standard InChI is InChI=1S/C11H16N4O/c1-7-8(6-16)15-10(12-7)14(5)9(13-15)11(2,3)4/h6H,1-5H3. The maximum Gasteiger partial charge on any atom is 0.232 e. The second-order valence-electron chi connectivity index (χ2n) is 5.04. The fourth-order valence-electron chi connectivity index (χ4n) is 1.88. The zero-order valence-corrected chi connectivity index (χ0v) is 10.3. The normalized spacial score (nSPS) is 12.3. The lowest BCUT2D eigenvalue weighted by atomic mass is 9.96. The summed E-state index contributed by atoms with van der Waals surface area (Å²) in [6, 6.07) is 0. The Balaban J connectivity index is 2.80. The van der Waals surface area contributed by atoms with Crippen LogP contribution in [0.1, 0.15) is 42.8 Å². The van der Waals surface area contributed by atoms with Gasteiger partial charge in [-0.3, -0.25) is 9.36 Å². The van der Waals surface area contributed by atoms with Crippen LogP contribution in [-0.2, 0) is 12.5 Å². The number of aryl methyl sites for hydroxylation is 2. The van der Waals surface area contributed by atoms with Crippen molar-refractivity contribution in [3.05, 3.63) is 17.2 Å². The number of rotatable bonds is 1. The largest absolute Gasteiger partial charge is 0.300 e. The number of hydrogen-bond acceptors (Lipinski definition) is 3. The molecule has 0 atom stereocenters. The number of nitrogens with zero attached hydrogens (tertiary/aromatic N) is 4. The molecule has 16 heavy (non-hydrogen) atoms. The summed E-state index contributed by atoms with van der Waals surface area (Å²) in [5.74, 6) is 1.63. The van der Waals surface area contributed by atoms with Gasteiger partial charge in [-0.25, -0.2) is 4.98 Å². The minimum absolute atomic E-state index is 0.0660. The van der Waals surface area contributed by atoms with Crippen molar-refractivity contribution in [1.29, 1.82) is 0 Å². The monoisotopic (exact) mass is 220 g/mol. The third-order valence-corrected chi connectivity index (χ3v) is 2.65. The van der Waals surface area contributed by atoms with Gasteiger partial charge in [0.25, 0.3) is 0 Å². The van der Waals surface area contributed by atoms with Crippen LogP contribution in [0, 0.1) is 6.92 Å². The van der Waals surface area contributed by atoms with Gasteiger partial charge in [-0.15, -0.1) is 0 Å². The number of aldehydes is 1. The SMILES string of the molecule is Cc1nc2n(C)c(C(C)(C)C)nn2c1C=O. The molecule has 0 aromatic carbocycles. The highest BCUT2D eigenvalue weighted by atomic mass is 16.1. The summed E-state index contributed by atoms with van der Waals surface area (Å²) in [5, 5.41) is 4.46. The smallest absolute Gasteiger partial charge is 0.232 e. The average molecular weight is 220 g/mol. The summed E-state index contributed by atoms with van der Waals surface area (Å²) in [7, 11) is 1.92. The number of imidazole rings is 1. The van der Waals surface area contributed by atoms with E-state index < -0.39 is 0 Å². The molecule has 0 aliphatic rings. The van der Waals surface area contributed by atoms with Gasteiger partial charge in [-0.2, -0.15) is 9.61 Å². The molecule has 0 aliphatic heterocycles. The van der Waals surface area contributed by atoms with E-state index in [1.54, 1.807) is 4.52 Å². The second kappa shape index (κ2) is 3.17. The van der Waals surface area contributed by atoms with E-state index in [9.17, 15) is 4.79 Å². The highest BCUT2D eigenvalue weighted by Crippen LogP contribution is 2.22. The quantitative estimate of drug-likeness (QED) is 0.684. The van der Waals surface area contributed by atoms with Crippen molar-refractivity contribution in [2.75, 3.05) is 0 Å². The highest BCUT2D eigenvalue weighted by Gasteiger charge is 2.24. The summed E-state index contributed by atoms with van der Waals surface area (Å²) in [4.78, 5) is 15.3. The van der Waals surface area contributed by atoms with Gasteiger partial charge >= 0.3 is 0 Å². The van der Waals surface area contributed by atoms with Gasteiger partial charge in [0.2, 0.25) is 5.78 Å². The van der Waals surface area contributed by atoms with E-state index in [0.717, 1.165) is 12.1 Å². The Labute approximate surface area is 94.1 Å². The molecule has 2 aromatic heterocycles. The van der Waals surface area contributed by atoms with E-state index in [0.29, 0.717) is 17.2 Å². The number of hydrogen-bond donors (Lipinski definition) is 0. The minimum atomic E-state index is -0.0660. The van der Waals surface area contributed by atoms with E-state index >= 15 is 0 Å². The van der Waals surface area contributed by atoms with Gasteiger partial charge in [0.15, 0.2) is 6.29 Å². The molecule has 0 unspecified atom stereocenters. The van der Waals surface area contributed by atoms with Crippen LogP contribution in [0.15, 0.2) is 0 Å². The minimum Gasteiger partial charge on any atom is -0.300 e. The van der Waals surface area contributed by atoms with Crippen LogP contribution in [0.2, 0.25) is 0 Å². The predicted octanol–water partition coefficient (Wildman–Crippen LogP) is 1.49. The molecule has 2 heterocycles. The summed E-state index contributed by atoms with van der Waals surface area (Å²) < 4.78 is 3.54. The molecule has 2 aromatic rings. The molecule has 2 rings (SSSR count). The van der Waals surface area contributed by atoms with Gasteiger partial charge in [-0.05, 0) is 6.92 Å². The first-order valence-corrected chi connectivity index (χ1v) is 5.24. The van der Waals surface area contributed by atoms with Crippen molar-refractivity contribution in [2.24, 2.45) is 7.05 Å². The maximum atomic E-state index is 11.0. The summed E-state index contributed by atoms with van der Waals surface area (Å²) in [6.07, 6.45) is 0.800. The third-order valence-electron chi connectivity index (χ3n) is 2.65. The molecular weight excluding hydrogens is 204 g/mol. The topological polar surface area (TPSA) is 52.2 Å². The van der Waals surface area contributed by atoms with E-state index in [-0.39, 0.29) is 5.41 Å². The molecule has 0 saturated carbocycles. The van der Waals surface area contributed by atoms with Crippen LogP contribution in [0.25, 0.3) is 5.78 Å². The Hall–Kier alpha value is -1.65. The Morgan fingerprint density at radius 1 is 1.31 bits per heavy atom. The fraction of sp³-hybridized carbons (Fsp3) is 0.545. The number of aromatic nitrogens is 4. The van der Waals surface area contributed by atoms with Crippen LogP contribution >= 0.6 is 0 Å². The Kier molecular flexibility index (Phi) is 2.15. The van der Waals surface area contributed by atoms with E-state index in [2.05, 4.69) is 30.9 Å².